The summed E-state index contributed by atoms with van der Waals surface area (Å²) in [5, 5.41) is 9.59. The van der Waals surface area contributed by atoms with Gasteiger partial charge in [0.25, 0.3) is 0 Å². The molecule has 0 aliphatic carbocycles. The van der Waals surface area contributed by atoms with Crippen LogP contribution in [0.5, 0.6) is 17.2 Å². The van der Waals surface area contributed by atoms with Crippen molar-refractivity contribution in [2.24, 2.45) is 0 Å². The van der Waals surface area contributed by atoms with Crippen LogP contribution in [0.25, 0.3) is 22.1 Å². The molecule has 1 N–H and O–H groups in total. The first-order valence-corrected chi connectivity index (χ1v) is 7.20. The molecule has 0 radical (unpaired) electrons. The molecule has 0 aliphatic heterocycles. The summed E-state index contributed by atoms with van der Waals surface area (Å²) in [6.45, 7) is -0.450. The van der Waals surface area contributed by atoms with Gasteiger partial charge in [0.15, 0.2) is 18.1 Å². The van der Waals surface area contributed by atoms with Crippen LogP contribution in [0.4, 0.5) is 0 Å². The number of aliphatic carboxylic acids is 1. The summed E-state index contributed by atoms with van der Waals surface area (Å²) < 4.78 is 21.3. The second kappa shape index (κ2) is 6.54. The lowest BCUT2D eigenvalue weighted by Crippen LogP contribution is -2.09. The molecule has 6 nitrogen and oxygen atoms in total. The molecule has 0 spiro atoms. The lowest BCUT2D eigenvalue weighted by molar-refractivity contribution is -0.139. The minimum absolute atomic E-state index is 0.322. The van der Waals surface area contributed by atoms with E-state index in [1.807, 2.05) is 24.3 Å². The van der Waals surface area contributed by atoms with E-state index < -0.39 is 12.6 Å². The Hall–Kier alpha value is -3.15. The van der Waals surface area contributed by atoms with Crippen LogP contribution in [0.15, 0.2) is 47.1 Å². The fourth-order valence-corrected chi connectivity index (χ4v) is 2.44. The first-order chi connectivity index (χ1) is 11.6. The number of ether oxygens (including phenoxy) is 3. The van der Waals surface area contributed by atoms with Gasteiger partial charge in [0, 0.05) is 17.0 Å². The van der Waals surface area contributed by atoms with Crippen molar-refractivity contribution in [1.29, 1.82) is 0 Å². The highest BCUT2D eigenvalue weighted by Crippen LogP contribution is 2.38. The highest BCUT2D eigenvalue weighted by molar-refractivity contribution is 5.96. The highest BCUT2D eigenvalue weighted by atomic mass is 16.5. The van der Waals surface area contributed by atoms with Crippen molar-refractivity contribution in [3.63, 3.8) is 0 Å². The van der Waals surface area contributed by atoms with E-state index in [-0.39, 0.29) is 0 Å². The Bertz CT molecular complexity index is 863. The molecule has 6 heteroatoms. The maximum Gasteiger partial charge on any atom is 0.341 e. The number of hydrogen-bond donors (Lipinski definition) is 1. The van der Waals surface area contributed by atoms with Gasteiger partial charge < -0.3 is 23.7 Å². The van der Waals surface area contributed by atoms with Crippen molar-refractivity contribution < 1.29 is 28.5 Å². The fraction of sp³-hybridized carbons (Fsp3) is 0.167. The minimum atomic E-state index is -1.06. The van der Waals surface area contributed by atoms with Gasteiger partial charge in [-0.2, -0.15) is 0 Å². The molecule has 0 saturated carbocycles. The standard InChI is InChI=1S/C18H16O6/c1-21-12-5-3-11(4-6-12)14-9-23-15-8-17(24-10-18(19)20)16(22-2)7-13(14)15/h3-9H,10H2,1-2H3,(H,19,20). The number of carboxylic acids is 1. The van der Waals surface area contributed by atoms with E-state index >= 15 is 0 Å². The zero-order valence-electron chi connectivity index (χ0n) is 13.2. The maximum absolute atomic E-state index is 10.7. The van der Waals surface area contributed by atoms with Crippen molar-refractivity contribution in [2.75, 3.05) is 20.8 Å². The quantitative estimate of drug-likeness (QED) is 0.745. The molecule has 2 aromatic carbocycles. The highest BCUT2D eigenvalue weighted by Gasteiger charge is 2.15. The van der Waals surface area contributed by atoms with E-state index in [9.17, 15) is 4.79 Å². The smallest absolute Gasteiger partial charge is 0.341 e. The average molecular weight is 328 g/mol. The molecular weight excluding hydrogens is 312 g/mol. The molecule has 124 valence electrons. The molecule has 0 saturated heterocycles. The number of methoxy groups -OCH3 is 2. The predicted octanol–water partition coefficient (Wildman–Crippen LogP) is 3.58. The van der Waals surface area contributed by atoms with Crippen LogP contribution in [0.2, 0.25) is 0 Å². The van der Waals surface area contributed by atoms with Crippen LogP contribution >= 0.6 is 0 Å². The van der Waals surface area contributed by atoms with Gasteiger partial charge in [-0.25, -0.2) is 4.79 Å². The lowest BCUT2D eigenvalue weighted by atomic mass is 10.0. The van der Waals surface area contributed by atoms with Crippen molar-refractivity contribution in [3.8, 4) is 28.4 Å². The van der Waals surface area contributed by atoms with E-state index in [2.05, 4.69) is 0 Å². The van der Waals surface area contributed by atoms with E-state index in [4.69, 9.17) is 23.7 Å². The summed E-state index contributed by atoms with van der Waals surface area (Å²) in [7, 11) is 3.12. The zero-order valence-corrected chi connectivity index (χ0v) is 13.2. The first-order valence-electron chi connectivity index (χ1n) is 7.20. The average Bonchev–Trinajstić information content (AvgIpc) is 3.01. The van der Waals surface area contributed by atoms with Gasteiger partial charge in [0.1, 0.15) is 11.3 Å². The number of fused-ring (bicyclic) bond motifs is 1. The van der Waals surface area contributed by atoms with Crippen molar-refractivity contribution in [2.45, 2.75) is 0 Å². The Morgan fingerprint density at radius 2 is 1.83 bits per heavy atom. The first kappa shape index (κ1) is 15.7. The SMILES string of the molecule is COc1ccc(-c2coc3cc(OCC(=O)O)c(OC)cc23)cc1. The Kier molecular flexibility index (Phi) is 4.29. The second-order valence-corrected chi connectivity index (χ2v) is 5.06. The van der Waals surface area contributed by atoms with E-state index in [0.717, 1.165) is 22.3 Å². The van der Waals surface area contributed by atoms with Crippen molar-refractivity contribution >= 4 is 16.9 Å². The Morgan fingerprint density at radius 1 is 1.08 bits per heavy atom. The number of rotatable bonds is 6. The summed E-state index contributed by atoms with van der Waals surface area (Å²) in [5.41, 5.74) is 2.45. The number of carbonyl (C=O) groups is 1. The van der Waals surface area contributed by atoms with Gasteiger partial charge in [-0.15, -0.1) is 0 Å². The second-order valence-electron chi connectivity index (χ2n) is 5.06. The third-order valence-corrected chi connectivity index (χ3v) is 3.61. The number of carboxylic acid groups (broad SMARTS) is 1. The van der Waals surface area contributed by atoms with Gasteiger partial charge in [0.05, 0.1) is 20.5 Å². The molecule has 0 aliphatic rings. The third-order valence-electron chi connectivity index (χ3n) is 3.61. The molecular formula is C18H16O6. The fourth-order valence-electron chi connectivity index (χ4n) is 2.44. The number of hydrogen-bond acceptors (Lipinski definition) is 5. The molecule has 0 atom stereocenters. The van der Waals surface area contributed by atoms with Gasteiger partial charge in [-0.3, -0.25) is 0 Å². The Balaban J connectivity index is 2.03. The number of benzene rings is 2. The molecule has 3 aromatic rings. The normalized spacial score (nSPS) is 10.6. The molecule has 0 amide bonds. The topological polar surface area (TPSA) is 78.1 Å². The van der Waals surface area contributed by atoms with Gasteiger partial charge in [-0.1, -0.05) is 12.1 Å². The van der Waals surface area contributed by atoms with Crippen molar-refractivity contribution in [3.05, 3.63) is 42.7 Å². The van der Waals surface area contributed by atoms with E-state index in [1.165, 1.54) is 7.11 Å². The molecule has 24 heavy (non-hydrogen) atoms. The van der Waals surface area contributed by atoms with Crippen LogP contribution < -0.4 is 14.2 Å². The third kappa shape index (κ3) is 2.99. The van der Waals surface area contributed by atoms with Crippen LogP contribution in [0.3, 0.4) is 0 Å². The van der Waals surface area contributed by atoms with E-state index in [0.29, 0.717) is 17.1 Å². The summed E-state index contributed by atoms with van der Waals surface area (Å²) in [5.74, 6) is 0.479. The zero-order chi connectivity index (χ0) is 17.1. The molecule has 0 unspecified atom stereocenters. The maximum atomic E-state index is 10.7. The summed E-state index contributed by atoms with van der Waals surface area (Å²) in [6, 6.07) is 11.0. The van der Waals surface area contributed by atoms with Gasteiger partial charge in [0.2, 0.25) is 0 Å². The molecule has 0 bridgehead atoms. The lowest BCUT2D eigenvalue weighted by Gasteiger charge is -2.09. The Morgan fingerprint density at radius 3 is 2.46 bits per heavy atom. The Labute approximate surface area is 138 Å². The van der Waals surface area contributed by atoms with Crippen molar-refractivity contribution in [1.82, 2.24) is 0 Å². The van der Waals surface area contributed by atoms with Crippen LogP contribution in [-0.4, -0.2) is 31.9 Å². The van der Waals surface area contributed by atoms with Gasteiger partial charge >= 0.3 is 5.97 Å². The minimum Gasteiger partial charge on any atom is -0.497 e. The molecule has 0 fully saturated rings. The number of furan rings is 1. The predicted molar refractivity (Wildman–Crippen MR) is 87.9 cm³/mol. The molecule has 1 aromatic heterocycles. The largest absolute Gasteiger partial charge is 0.497 e. The van der Waals surface area contributed by atoms with Gasteiger partial charge in [-0.05, 0) is 23.8 Å². The summed E-state index contributed by atoms with van der Waals surface area (Å²) >= 11 is 0. The van der Waals surface area contributed by atoms with Crippen LogP contribution in [0, 0.1) is 0 Å². The molecule has 1 heterocycles. The van der Waals surface area contributed by atoms with Crippen LogP contribution in [0.1, 0.15) is 0 Å². The summed E-state index contributed by atoms with van der Waals surface area (Å²) in [4.78, 5) is 10.7. The van der Waals surface area contributed by atoms with E-state index in [1.54, 1.807) is 25.5 Å². The monoisotopic (exact) mass is 328 g/mol. The summed E-state index contributed by atoms with van der Waals surface area (Å²) in [6.07, 6.45) is 1.65. The van der Waals surface area contributed by atoms with Crippen LogP contribution in [-0.2, 0) is 4.79 Å². The molecule has 3 rings (SSSR count).